The van der Waals surface area contributed by atoms with Gasteiger partial charge in [-0.1, -0.05) is 24.0 Å². The van der Waals surface area contributed by atoms with Crippen molar-refractivity contribution in [2.45, 2.75) is 26.8 Å². The number of anilines is 1. The molecule has 0 saturated carbocycles. The van der Waals surface area contributed by atoms with Gasteiger partial charge in [0.05, 0.1) is 13.2 Å². The summed E-state index contributed by atoms with van der Waals surface area (Å²) in [5, 5.41) is 10.8. The van der Waals surface area contributed by atoms with E-state index >= 15 is 0 Å². The molecule has 110 valence electrons. The fraction of sp³-hybridized carbons (Fsp3) is 0.333. The molecule has 0 unspecified atom stereocenters. The normalized spacial score (nSPS) is 10.0. The van der Waals surface area contributed by atoms with Crippen molar-refractivity contribution in [1.82, 2.24) is 0 Å². The third-order valence-corrected chi connectivity index (χ3v) is 4.14. The van der Waals surface area contributed by atoms with Gasteiger partial charge in [-0.15, -0.1) is 11.3 Å². The van der Waals surface area contributed by atoms with Crippen LogP contribution in [0.5, 0.6) is 0 Å². The number of aryl methyl sites for hydroxylation is 1. The lowest BCUT2D eigenvalue weighted by Crippen LogP contribution is -2.21. The van der Waals surface area contributed by atoms with E-state index in [2.05, 4.69) is 66.3 Å². The minimum atomic E-state index is 0.126. The Hall–Kier alpha value is -1.76. The fourth-order valence-electron chi connectivity index (χ4n) is 2.15. The molecule has 0 amide bonds. The Kier molecular flexibility index (Phi) is 5.86. The second-order valence-corrected chi connectivity index (χ2v) is 5.93. The first-order valence-corrected chi connectivity index (χ1v) is 8.09. The van der Waals surface area contributed by atoms with Gasteiger partial charge < -0.3 is 10.0 Å². The summed E-state index contributed by atoms with van der Waals surface area (Å²) in [6.07, 6.45) is 0.537. The van der Waals surface area contributed by atoms with Crippen LogP contribution in [0.3, 0.4) is 0 Å². The molecular weight excluding hydrogens is 278 g/mol. The summed E-state index contributed by atoms with van der Waals surface area (Å²) in [6.45, 7) is 6.31. The predicted molar refractivity (Wildman–Crippen MR) is 90.8 cm³/mol. The van der Waals surface area contributed by atoms with Gasteiger partial charge in [-0.2, -0.15) is 0 Å². The monoisotopic (exact) mass is 299 g/mol. The fourth-order valence-corrected chi connectivity index (χ4v) is 2.98. The molecule has 1 heterocycles. The highest BCUT2D eigenvalue weighted by molar-refractivity contribution is 7.10. The van der Waals surface area contributed by atoms with Crippen molar-refractivity contribution in [3.63, 3.8) is 0 Å². The summed E-state index contributed by atoms with van der Waals surface area (Å²) < 4.78 is 0. The molecular formula is C18H21NOS. The van der Waals surface area contributed by atoms with Crippen molar-refractivity contribution < 1.29 is 5.11 Å². The highest BCUT2D eigenvalue weighted by atomic mass is 32.1. The van der Waals surface area contributed by atoms with E-state index in [4.69, 9.17) is 5.11 Å². The number of hydrogen-bond acceptors (Lipinski definition) is 3. The zero-order valence-corrected chi connectivity index (χ0v) is 13.4. The van der Waals surface area contributed by atoms with Crippen molar-refractivity contribution in [2.24, 2.45) is 0 Å². The van der Waals surface area contributed by atoms with Crippen LogP contribution in [0, 0.1) is 18.8 Å². The quantitative estimate of drug-likeness (QED) is 0.849. The van der Waals surface area contributed by atoms with E-state index in [-0.39, 0.29) is 6.61 Å². The number of rotatable bonds is 5. The molecule has 0 aliphatic rings. The largest absolute Gasteiger partial charge is 0.395 e. The maximum atomic E-state index is 8.74. The Morgan fingerprint density at radius 2 is 2.14 bits per heavy atom. The summed E-state index contributed by atoms with van der Waals surface area (Å²) in [6, 6.07) is 10.8. The van der Waals surface area contributed by atoms with Crippen LogP contribution in [-0.2, 0) is 6.54 Å². The van der Waals surface area contributed by atoms with Crippen LogP contribution in [0.2, 0.25) is 0 Å². The lowest BCUT2D eigenvalue weighted by molar-refractivity contribution is 0.305. The van der Waals surface area contributed by atoms with Gasteiger partial charge in [0, 0.05) is 34.5 Å². The zero-order chi connectivity index (χ0) is 15.1. The molecule has 0 radical (unpaired) electrons. The van der Waals surface area contributed by atoms with Crippen molar-refractivity contribution in [2.75, 3.05) is 18.1 Å². The topological polar surface area (TPSA) is 23.5 Å². The maximum absolute atomic E-state index is 8.74. The highest BCUT2D eigenvalue weighted by Gasteiger charge is 2.07. The van der Waals surface area contributed by atoms with Crippen molar-refractivity contribution in [3.05, 3.63) is 51.7 Å². The SMILES string of the molecule is CCN(Cc1cc(C#CCCO)cs1)c1cccc(C)c1. The Balaban J connectivity index is 2.07. The summed E-state index contributed by atoms with van der Waals surface area (Å²) in [7, 11) is 0. The molecule has 0 aliphatic heterocycles. The summed E-state index contributed by atoms with van der Waals surface area (Å²) in [4.78, 5) is 3.68. The number of benzene rings is 1. The minimum Gasteiger partial charge on any atom is -0.395 e. The number of thiophene rings is 1. The molecule has 1 aromatic carbocycles. The first-order valence-electron chi connectivity index (χ1n) is 7.21. The number of aliphatic hydroxyl groups is 1. The van der Waals surface area contributed by atoms with Crippen LogP contribution in [0.4, 0.5) is 5.69 Å². The molecule has 21 heavy (non-hydrogen) atoms. The molecule has 0 spiro atoms. The van der Waals surface area contributed by atoms with Gasteiger partial charge in [-0.3, -0.25) is 0 Å². The van der Waals surface area contributed by atoms with Crippen molar-refractivity contribution in [1.29, 1.82) is 0 Å². The average molecular weight is 299 g/mol. The van der Waals surface area contributed by atoms with Gasteiger partial charge in [-0.05, 0) is 37.6 Å². The molecule has 1 N–H and O–H groups in total. The summed E-state index contributed by atoms with van der Waals surface area (Å²) >= 11 is 1.74. The van der Waals surface area contributed by atoms with E-state index in [0.29, 0.717) is 6.42 Å². The van der Waals surface area contributed by atoms with Crippen LogP contribution in [0.15, 0.2) is 35.7 Å². The highest BCUT2D eigenvalue weighted by Crippen LogP contribution is 2.21. The van der Waals surface area contributed by atoms with Gasteiger partial charge in [0.1, 0.15) is 0 Å². The molecule has 0 saturated heterocycles. The standard InChI is InChI=1S/C18H21NOS/c1-3-19(17-9-6-7-15(2)11-17)13-18-12-16(14-21-18)8-4-5-10-20/h6-7,9,11-12,14,20H,3,5,10,13H2,1-2H3. The molecule has 0 bridgehead atoms. The van der Waals surface area contributed by atoms with Gasteiger partial charge >= 0.3 is 0 Å². The molecule has 0 atom stereocenters. The number of hydrogen-bond donors (Lipinski definition) is 1. The Labute approximate surface area is 131 Å². The Bertz CT molecular complexity index is 636. The first kappa shape index (κ1) is 15.6. The van der Waals surface area contributed by atoms with Gasteiger partial charge in [0.2, 0.25) is 0 Å². The summed E-state index contributed by atoms with van der Waals surface area (Å²) in [5.41, 5.74) is 3.59. The molecule has 2 aromatic rings. The van der Waals surface area contributed by atoms with Crippen LogP contribution in [0.25, 0.3) is 0 Å². The lowest BCUT2D eigenvalue weighted by atomic mass is 10.2. The number of nitrogens with zero attached hydrogens (tertiary/aromatic N) is 1. The van der Waals surface area contributed by atoms with Crippen LogP contribution >= 0.6 is 11.3 Å². The Morgan fingerprint density at radius 1 is 1.29 bits per heavy atom. The predicted octanol–water partition coefficient (Wildman–Crippen LogP) is 3.82. The van der Waals surface area contributed by atoms with Gasteiger partial charge in [0.15, 0.2) is 0 Å². The molecule has 2 rings (SSSR count). The molecule has 0 fully saturated rings. The first-order chi connectivity index (χ1) is 10.2. The molecule has 0 aliphatic carbocycles. The van der Waals surface area contributed by atoms with Crippen LogP contribution in [-0.4, -0.2) is 18.3 Å². The smallest absolute Gasteiger partial charge is 0.0540 e. The average Bonchev–Trinajstić information content (AvgIpc) is 2.92. The van der Waals surface area contributed by atoms with Crippen LogP contribution in [0.1, 0.15) is 29.3 Å². The molecule has 1 aromatic heterocycles. The van der Waals surface area contributed by atoms with Gasteiger partial charge in [-0.25, -0.2) is 0 Å². The second kappa shape index (κ2) is 7.87. The molecule has 3 heteroatoms. The van der Waals surface area contributed by atoms with Crippen molar-refractivity contribution >= 4 is 17.0 Å². The lowest BCUT2D eigenvalue weighted by Gasteiger charge is -2.22. The maximum Gasteiger partial charge on any atom is 0.0540 e. The Morgan fingerprint density at radius 3 is 2.86 bits per heavy atom. The third kappa shape index (κ3) is 4.63. The van der Waals surface area contributed by atoms with Gasteiger partial charge in [0.25, 0.3) is 0 Å². The third-order valence-electron chi connectivity index (χ3n) is 3.22. The molecule has 2 nitrogen and oxygen atoms in total. The zero-order valence-electron chi connectivity index (χ0n) is 12.6. The van der Waals surface area contributed by atoms with E-state index in [1.165, 1.54) is 16.1 Å². The van der Waals surface area contributed by atoms with E-state index in [1.807, 2.05) is 0 Å². The van der Waals surface area contributed by atoms with E-state index in [9.17, 15) is 0 Å². The minimum absolute atomic E-state index is 0.126. The van der Waals surface area contributed by atoms with Crippen molar-refractivity contribution in [3.8, 4) is 11.8 Å². The van der Waals surface area contributed by atoms with E-state index in [1.54, 1.807) is 11.3 Å². The van der Waals surface area contributed by atoms with Crippen LogP contribution < -0.4 is 4.90 Å². The van der Waals surface area contributed by atoms with E-state index < -0.39 is 0 Å². The number of aliphatic hydroxyl groups excluding tert-OH is 1. The van der Waals surface area contributed by atoms with E-state index in [0.717, 1.165) is 18.7 Å². The second-order valence-electron chi connectivity index (χ2n) is 4.93. The summed E-state index contributed by atoms with van der Waals surface area (Å²) in [5.74, 6) is 6.05.